The van der Waals surface area contributed by atoms with Gasteiger partial charge in [0.2, 0.25) is 0 Å². The summed E-state index contributed by atoms with van der Waals surface area (Å²) in [5.41, 5.74) is 8.87. The van der Waals surface area contributed by atoms with Gasteiger partial charge < -0.3 is 36.1 Å². The van der Waals surface area contributed by atoms with Crippen molar-refractivity contribution in [3.8, 4) is 0 Å². The molecule has 0 aliphatic carbocycles. The molecule has 4 aromatic heterocycles. The van der Waals surface area contributed by atoms with E-state index >= 15 is 0 Å². The minimum atomic E-state index is -1.02. The molecule has 4 aromatic rings. The van der Waals surface area contributed by atoms with Crippen LogP contribution in [0.25, 0.3) is 0 Å². The van der Waals surface area contributed by atoms with Crippen LogP contribution < -0.4 is 0 Å². The Balaban J connectivity index is -0.000000215. The average Bonchev–Trinajstić information content (AvgIpc) is 3.72. The Hall–Kier alpha value is -5.42. The number of rotatable bonds is 12. The molecule has 25 heteroatoms. The minimum absolute atomic E-state index is 0. The van der Waals surface area contributed by atoms with E-state index in [9.17, 15) is 19.2 Å². The summed E-state index contributed by atoms with van der Waals surface area (Å²) < 4.78 is 7.87. The molecule has 0 aromatic carbocycles. The molecular weight excluding hydrogens is 908 g/mol. The Morgan fingerprint density at radius 3 is 0.705 bits per heavy atom. The van der Waals surface area contributed by atoms with Crippen molar-refractivity contribution in [3.05, 3.63) is 69.8 Å². The van der Waals surface area contributed by atoms with Crippen molar-refractivity contribution >= 4 is 35.8 Å². The fourth-order valence-corrected chi connectivity index (χ4v) is 4.56. The van der Waals surface area contributed by atoms with E-state index in [1.807, 2.05) is 46.4 Å². The Kier molecular flexibility index (Phi) is 35.3. The number of nitrogens with zero attached hydrogens (tertiary/aromatic N) is 10. The molecular formula is C36H60Cu2N10O13+. The van der Waals surface area contributed by atoms with E-state index in [0.29, 0.717) is 13.3 Å². The van der Waals surface area contributed by atoms with Crippen LogP contribution in [0.4, 0.5) is 0 Å². The third-order valence-corrected chi connectivity index (χ3v) is 6.57. The fourth-order valence-electron chi connectivity index (χ4n) is 4.56. The van der Waals surface area contributed by atoms with Gasteiger partial charge in [-0.1, -0.05) is 0 Å². The second-order valence-electron chi connectivity index (χ2n) is 12.9. The molecule has 0 unspecified atom stereocenters. The topological polar surface area (TPSA) is 333 Å². The first-order chi connectivity index (χ1) is 26.6. The second kappa shape index (κ2) is 33.3. The summed E-state index contributed by atoms with van der Waals surface area (Å²) in [7, 11) is 2.87. The first kappa shape index (κ1) is 64.7. The van der Waals surface area contributed by atoms with Crippen LogP contribution in [-0.2, 0) is 76.2 Å². The molecule has 353 valence electrons. The van der Waals surface area contributed by atoms with Crippen molar-refractivity contribution in [2.75, 3.05) is 40.3 Å². The van der Waals surface area contributed by atoms with Gasteiger partial charge in [-0.25, -0.2) is 18.7 Å². The number of carboxylic acid groups (broad SMARTS) is 6. The molecule has 0 saturated heterocycles. The number of hydrogen-bond acceptors (Lipinski definition) is 12. The summed E-state index contributed by atoms with van der Waals surface area (Å²) in [6, 6.07) is 8.30. The number of likely N-dealkylation sites (N-methyl/N-ethyl adjacent to an activating group) is 2. The van der Waals surface area contributed by atoms with Crippen LogP contribution in [-0.4, -0.2) is 161 Å². The van der Waals surface area contributed by atoms with Crippen LogP contribution in [0, 0.1) is 55.4 Å². The minimum Gasteiger partial charge on any atom is -0.481 e. The Morgan fingerprint density at radius 2 is 0.607 bits per heavy atom. The van der Waals surface area contributed by atoms with Gasteiger partial charge in [-0.05, 0) is 93.8 Å². The van der Waals surface area contributed by atoms with E-state index in [1.165, 1.54) is 46.7 Å². The van der Waals surface area contributed by atoms with E-state index in [-0.39, 0.29) is 65.8 Å². The number of carboxylic acids is 6. The van der Waals surface area contributed by atoms with E-state index in [1.54, 1.807) is 0 Å². The molecule has 8 N–H and O–H groups in total. The molecule has 0 fully saturated rings. The number of aryl methyl sites for hydroxylation is 8. The zero-order valence-electron chi connectivity index (χ0n) is 36.3. The molecule has 23 nitrogen and oxygen atoms in total. The van der Waals surface area contributed by atoms with Crippen LogP contribution in [0.15, 0.2) is 24.3 Å². The van der Waals surface area contributed by atoms with Crippen LogP contribution in [0.1, 0.15) is 59.4 Å². The van der Waals surface area contributed by atoms with Gasteiger partial charge >= 0.3 is 40.9 Å². The third-order valence-electron chi connectivity index (χ3n) is 6.57. The van der Waals surface area contributed by atoms with Gasteiger partial charge in [-0.15, -0.1) is 0 Å². The van der Waals surface area contributed by atoms with Gasteiger partial charge in [0, 0.05) is 53.7 Å². The van der Waals surface area contributed by atoms with Gasteiger partial charge in [-0.3, -0.25) is 38.6 Å². The third kappa shape index (κ3) is 34.0. The van der Waals surface area contributed by atoms with Gasteiger partial charge in [0.05, 0.1) is 49.0 Å². The van der Waals surface area contributed by atoms with E-state index in [2.05, 4.69) is 72.4 Å². The molecule has 0 spiro atoms. The van der Waals surface area contributed by atoms with E-state index < -0.39 is 35.8 Å². The SMILES string of the molecule is CC(=O)O.CC(=O)O.CN(CC(=O)O)CC(=O)O.CN(CC(=O)O)CC(=O)O.Cc1cc(C)n(Cn2nc(C)cc2C)n1.Cc1cc(C)n(Cn2nc(C)cc2C)n1.O.[Cu+].[Cu]. The number of carbonyl (C=O) groups is 6. The number of hydrogen-bond donors (Lipinski definition) is 6. The van der Waals surface area contributed by atoms with Crippen LogP contribution in [0.3, 0.4) is 0 Å². The number of aromatic nitrogens is 8. The Labute approximate surface area is 375 Å². The van der Waals surface area contributed by atoms with E-state index in [0.717, 1.165) is 36.6 Å². The van der Waals surface area contributed by atoms with Crippen LogP contribution >= 0.6 is 0 Å². The molecule has 1 radical (unpaired) electrons. The smallest absolute Gasteiger partial charge is 0.481 e. The molecule has 0 amide bonds. The second-order valence-corrected chi connectivity index (χ2v) is 12.9. The van der Waals surface area contributed by atoms with Crippen LogP contribution in [0.2, 0.25) is 0 Å². The zero-order valence-corrected chi connectivity index (χ0v) is 38.1. The normalized spacial score (nSPS) is 9.41. The first-order valence-corrected chi connectivity index (χ1v) is 17.3. The van der Waals surface area contributed by atoms with Crippen molar-refractivity contribution in [1.29, 1.82) is 0 Å². The summed E-state index contributed by atoms with van der Waals surface area (Å²) in [4.78, 5) is 60.2. The van der Waals surface area contributed by atoms with Gasteiger partial charge in [0.15, 0.2) is 0 Å². The maximum absolute atomic E-state index is 9.96. The van der Waals surface area contributed by atoms with Gasteiger partial charge in [-0.2, -0.15) is 20.4 Å². The molecule has 0 aliphatic heterocycles. The first-order valence-electron chi connectivity index (χ1n) is 17.3. The monoisotopic (exact) mass is 966 g/mol. The zero-order chi connectivity index (χ0) is 45.4. The predicted octanol–water partition coefficient (Wildman–Crippen LogP) is 1.17. The quantitative estimate of drug-likeness (QED) is 0.109. The molecule has 4 heterocycles. The summed E-state index contributed by atoms with van der Waals surface area (Å²) in [5.74, 6) is -5.76. The predicted molar refractivity (Wildman–Crippen MR) is 213 cm³/mol. The van der Waals surface area contributed by atoms with Crippen molar-refractivity contribution in [1.82, 2.24) is 48.9 Å². The fraction of sp³-hybridized carbons (Fsp3) is 0.500. The molecule has 0 saturated carbocycles. The summed E-state index contributed by atoms with van der Waals surface area (Å²) >= 11 is 0. The van der Waals surface area contributed by atoms with Gasteiger partial charge in [0.1, 0.15) is 13.3 Å². The van der Waals surface area contributed by atoms with Crippen molar-refractivity contribution in [3.63, 3.8) is 0 Å². The molecule has 0 bridgehead atoms. The molecule has 61 heavy (non-hydrogen) atoms. The van der Waals surface area contributed by atoms with Crippen LogP contribution in [0.5, 0.6) is 0 Å². The average molecular weight is 968 g/mol. The Bertz CT molecular complexity index is 1680. The summed E-state index contributed by atoms with van der Waals surface area (Å²) in [5, 5.41) is 65.1. The van der Waals surface area contributed by atoms with Crippen molar-refractivity contribution < 1.29 is 99.0 Å². The standard InChI is InChI=1S/2C11H16N4.2C5H9NO4.2C2H4O2.2Cu.H2O/c2*1-8-5-10(3)14(12-8)7-15-11(4)6-9(2)13-15;2*1-6(2-4(7)8)3-5(9)10;2*1-2(3)4;;;/h2*5-6H,7H2,1-4H3;2*2-3H2,1H3,(H,7,8)(H,9,10);2*1H3,(H,3,4);;;1H2/q;;;;;;;+1;. The largest absolute Gasteiger partial charge is 1.00 e. The maximum atomic E-state index is 9.96. The number of aliphatic carboxylic acids is 6. The van der Waals surface area contributed by atoms with Crippen molar-refractivity contribution in [2.45, 2.75) is 82.6 Å². The van der Waals surface area contributed by atoms with E-state index in [4.69, 9.17) is 40.2 Å². The Morgan fingerprint density at radius 1 is 0.459 bits per heavy atom. The maximum Gasteiger partial charge on any atom is 1.00 e. The summed E-state index contributed by atoms with van der Waals surface area (Å²) in [6.45, 7) is 18.8. The van der Waals surface area contributed by atoms with Gasteiger partial charge in [0.25, 0.3) is 11.9 Å². The molecule has 0 aliphatic rings. The summed E-state index contributed by atoms with van der Waals surface area (Å²) in [6.07, 6.45) is 0. The molecule has 0 atom stereocenters. The molecule has 4 rings (SSSR count). The van der Waals surface area contributed by atoms with Crippen molar-refractivity contribution in [2.24, 2.45) is 0 Å².